The highest BCUT2D eigenvalue weighted by Gasteiger charge is 2.27. The number of hydrogen-bond donors (Lipinski definition) is 1. The second kappa shape index (κ2) is 7.54. The molecule has 1 aliphatic rings. The van der Waals surface area contributed by atoms with Gasteiger partial charge < -0.3 is 4.90 Å². The summed E-state index contributed by atoms with van der Waals surface area (Å²) in [6.07, 6.45) is 2.39. The van der Waals surface area contributed by atoms with Crippen LogP contribution in [0.4, 0.5) is 0 Å². The fraction of sp³-hybridized carbons (Fsp3) is 0.300. The second-order valence-corrected chi connectivity index (χ2v) is 8.66. The van der Waals surface area contributed by atoms with Gasteiger partial charge in [0.05, 0.1) is 34.9 Å². The monoisotopic (exact) mass is 409 g/mol. The Kier molecular flexibility index (Phi) is 4.76. The number of benzene rings is 2. The number of piperidine rings is 1. The van der Waals surface area contributed by atoms with E-state index in [1.807, 2.05) is 46.4 Å². The highest BCUT2D eigenvalue weighted by atomic mass is 32.1. The number of nitrogens with zero attached hydrogens (tertiary/aromatic N) is 5. The lowest BCUT2D eigenvalue weighted by atomic mass is 9.99. The van der Waals surface area contributed by atoms with Crippen LogP contribution in [-0.2, 0) is 6.67 Å². The van der Waals surface area contributed by atoms with Crippen molar-refractivity contribution in [2.75, 3.05) is 13.1 Å². The molecule has 0 amide bonds. The average Bonchev–Trinajstić information content (AvgIpc) is 3.33. The molecule has 28 heavy (non-hydrogen) atoms. The molecule has 142 valence electrons. The van der Waals surface area contributed by atoms with Crippen molar-refractivity contribution in [2.24, 2.45) is 0 Å². The Morgan fingerprint density at radius 3 is 2.75 bits per heavy atom. The molecule has 2 aromatic heterocycles. The largest absolute Gasteiger partial charge is 0.316 e. The number of thiazole rings is 1. The number of hydrogen-bond acceptors (Lipinski definition) is 5. The summed E-state index contributed by atoms with van der Waals surface area (Å²) in [6.45, 7) is 2.92. The van der Waals surface area contributed by atoms with Gasteiger partial charge in [-0.25, -0.2) is 4.98 Å². The summed E-state index contributed by atoms with van der Waals surface area (Å²) in [4.78, 5) is 6.36. The summed E-state index contributed by atoms with van der Waals surface area (Å²) >= 11 is 7.45. The van der Waals surface area contributed by atoms with Gasteiger partial charge in [0.25, 0.3) is 0 Å². The molecule has 0 saturated carbocycles. The van der Waals surface area contributed by atoms with Crippen LogP contribution in [-0.4, -0.2) is 37.9 Å². The summed E-state index contributed by atoms with van der Waals surface area (Å²) in [5.74, 6) is 0.500. The number of tetrazole rings is 1. The summed E-state index contributed by atoms with van der Waals surface area (Å²) in [7, 11) is 0. The number of quaternary nitrogens is 1. The standard InChI is InChI=1S/C20H20N6S2/c27-20-25(22-23-26(20)16-8-2-1-3-9-16)14-24-12-6-7-15(13-24)19-21-17-10-4-5-11-18(17)28-19/h1-5,8-11,15H,6-7,12-14H2/p+1/t15-/m1/s1. The minimum atomic E-state index is 0.500. The molecule has 8 heteroatoms. The third-order valence-corrected chi connectivity index (χ3v) is 6.87. The molecule has 4 aromatic rings. The molecular weight excluding hydrogens is 388 g/mol. The van der Waals surface area contributed by atoms with Gasteiger partial charge >= 0.3 is 0 Å². The van der Waals surface area contributed by atoms with E-state index in [9.17, 15) is 0 Å². The first kappa shape index (κ1) is 17.7. The molecule has 2 aromatic carbocycles. The van der Waals surface area contributed by atoms with E-state index in [-0.39, 0.29) is 0 Å². The molecule has 3 heterocycles. The molecule has 2 atom stereocenters. The van der Waals surface area contributed by atoms with Crippen LogP contribution in [0.5, 0.6) is 0 Å². The molecular formula is C20H21N6S2+. The van der Waals surface area contributed by atoms with Gasteiger partial charge in [-0.2, -0.15) is 9.36 Å². The van der Waals surface area contributed by atoms with Gasteiger partial charge in [0.2, 0.25) is 4.77 Å². The van der Waals surface area contributed by atoms with Crippen LogP contribution in [0.15, 0.2) is 54.6 Å². The lowest BCUT2D eigenvalue weighted by Gasteiger charge is -2.28. The molecule has 1 aliphatic heterocycles. The van der Waals surface area contributed by atoms with Crippen molar-refractivity contribution in [3.63, 3.8) is 0 Å². The Hall–Kier alpha value is -2.42. The number of aromatic nitrogens is 5. The fourth-order valence-corrected chi connectivity index (χ4v) is 5.23. The van der Waals surface area contributed by atoms with E-state index in [4.69, 9.17) is 17.2 Å². The van der Waals surface area contributed by atoms with Crippen LogP contribution < -0.4 is 4.90 Å². The zero-order chi connectivity index (χ0) is 18.9. The van der Waals surface area contributed by atoms with Crippen LogP contribution in [0, 0.1) is 4.77 Å². The van der Waals surface area contributed by atoms with Gasteiger partial charge in [0.1, 0.15) is 5.01 Å². The third-order valence-electron chi connectivity index (χ3n) is 5.29. The average molecular weight is 410 g/mol. The van der Waals surface area contributed by atoms with E-state index >= 15 is 0 Å². The maximum Gasteiger partial charge on any atom is 0.225 e. The normalized spacial score (nSPS) is 19.9. The van der Waals surface area contributed by atoms with E-state index in [2.05, 4.69) is 34.7 Å². The fourth-order valence-electron chi connectivity index (χ4n) is 3.89. The number of fused-ring (bicyclic) bond motifs is 1. The molecule has 1 saturated heterocycles. The zero-order valence-corrected chi connectivity index (χ0v) is 17.0. The molecule has 0 spiro atoms. The Morgan fingerprint density at radius 2 is 1.89 bits per heavy atom. The predicted octanol–water partition coefficient (Wildman–Crippen LogP) is 2.83. The number of nitrogens with one attached hydrogen (secondary N) is 1. The molecule has 1 fully saturated rings. The maximum atomic E-state index is 5.62. The zero-order valence-electron chi connectivity index (χ0n) is 15.4. The Bertz CT molecular complexity index is 1110. The number of likely N-dealkylation sites (tertiary alicyclic amines) is 1. The molecule has 6 nitrogen and oxygen atoms in total. The highest BCUT2D eigenvalue weighted by molar-refractivity contribution is 7.71. The Labute approximate surface area is 172 Å². The topological polar surface area (TPSA) is 53.0 Å². The third kappa shape index (κ3) is 3.39. The van der Waals surface area contributed by atoms with Gasteiger partial charge in [-0.3, -0.25) is 0 Å². The predicted molar refractivity (Wildman–Crippen MR) is 112 cm³/mol. The Balaban J connectivity index is 1.33. The first-order valence-corrected chi connectivity index (χ1v) is 10.8. The van der Waals surface area contributed by atoms with E-state index in [1.54, 1.807) is 4.68 Å². The van der Waals surface area contributed by atoms with Crippen molar-refractivity contribution in [3.05, 3.63) is 64.4 Å². The first-order chi connectivity index (χ1) is 13.8. The minimum Gasteiger partial charge on any atom is -0.316 e. The van der Waals surface area contributed by atoms with Crippen molar-refractivity contribution < 1.29 is 4.90 Å². The van der Waals surface area contributed by atoms with Crippen molar-refractivity contribution in [1.29, 1.82) is 0 Å². The molecule has 1 unspecified atom stereocenters. The number of rotatable bonds is 4. The smallest absolute Gasteiger partial charge is 0.225 e. The summed E-state index contributed by atoms with van der Waals surface area (Å²) in [5, 5.41) is 9.83. The van der Waals surface area contributed by atoms with Crippen molar-refractivity contribution in [1.82, 2.24) is 24.8 Å². The summed E-state index contributed by atoms with van der Waals surface area (Å²) in [5.41, 5.74) is 2.06. The SMILES string of the molecule is S=c1n(C[NH+]2CCC[C@@H](c3nc4ccccc4s3)C2)nnn1-c1ccccc1. The second-order valence-electron chi connectivity index (χ2n) is 7.23. The molecule has 0 radical (unpaired) electrons. The van der Waals surface area contributed by atoms with Gasteiger partial charge in [0.15, 0.2) is 6.67 Å². The number of para-hydroxylation sites is 2. The summed E-state index contributed by atoms with van der Waals surface area (Å²) < 4.78 is 5.49. The van der Waals surface area contributed by atoms with Gasteiger partial charge in [-0.1, -0.05) is 30.3 Å². The molecule has 0 aliphatic carbocycles. The van der Waals surface area contributed by atoms with E-state index < -0.39 is 0 Å². The quantitative estimate of drug-likeness (QED) is 0.527. The van der Waals surface area contributed by atoms with Gasteiger partial charge in [-0.05, 0) is 59.8 Å². The molecule has 1 N–H and O–H groups in total. The van der Waals surface area contributed by atoms with Crippen LogP contribution >= 0.6 is 23.6 Å². The van der Waals surface area contributed by atoms with Crippen molar-refractivity contribution in [3.8, 4) is 5.69 Å². The van der Waals surface area contributed by atoms with Crippen LogP contribution in [0.3, 0.4) is 0 Å². The first-order valence-electron chi connectivity index (χ1n) is 9.55. The van der Waals surface area contributed by atoms with Crippen molar-refractivity contribution >= 4 is 33.8 Å². The van der Waals surface area contributed by atoms with E-state index in [1.165, 1.54) is 27.4 Å². The lowest BCUT2D eigenvalue weighted by Crippen LogP contribution is -3.12. The van der Waals surface area contributed by atoms with Gasteiger partial charge in [0, 0.05) is 0 Å². The molecule has 0 bridgehead atoms. The minimum absolute atomic E-state index is 0.500. The van der Waals surface area contributed by atoms with E-state index in [0.29, 0.717) is 10.7 Å². The molecule has 5 rings (SSSR count). The van der Waals surface area contributed by atoms with Crippen LogP contribution in [0.25, 0.3) is 15.9 Å². The highest BCUT2D eigenvalue weighted by Crippen LogP contribution is 2.30. The van der Waals surface area contributed by atoms with Crippen LogP contribution in [0.2, 0.25) is 0 Å². The maximum absolute atomic E-state index is 5.62. The van der Waals surface area contributed by atoms with Gasteiger partial charge in [-0.15, -0.1) is 11.3 Å². The van der Waals surface area contributed by atoms with E-state index in [0.717, 1.165) is 31.0 Å². The van der Waals surface area contributed by atoms with Crippen LogP contribution in [0.1, 0.15) is 23.8 Å². The lowest BCUT2D eigenvalue weighted by molar-refractivity contribution is -0.929. The van der Waals surface area contributed by atoms with Crippen molar-refractivity contribution in [2.45, 2.75) is 25.4 Å². The summed E-state index contributed by atoms with van der Waals surface area (Å²) in [6, 6.07) is 18.3. The Morgan fingerprint density at radius 1 is 1.07 bits per heavy atom.